The van der Waals surface area contributed by atoms with Crippen LogP contribution in [-0.2, 0) is 24.0 Å². The first-order valence-corrected chi connectivity index (χ1v) is 23.4. The number of pyridine rings is 1. The van der Waals surface area contributed by atoms with Crippen LogP contribution >= 0.6 is 0 Å². The zero-order chi connectivity index (χ0) is 50.1. The number of ether oxygens (including phenoxy) is 5. The SMILES string of the molecule is CC[C@H]1[C@H]2[C@H](C)Oc3nc(-c4cc(N(Cc5ccc(OC)cc5)Cc5ccc(OC)cc5)cc(C)c4C(F)(F)F)c(F)c4nc(OC[C@]56CCN5CC(F)(F)C6)nc(c34)N2CCN1C(=O)OC(C)(C)C. The first-order valence-electron chi connectivity index (χ1n) is 23.4. The highest BCUT2D eigenvalue weighted by Crippen LogP contribution is 2.50. The smallest absolute Gasteiger partial charge is 0.417 e. The molecule has 5 aromatic rings. The number of piperazine rings is 1. The molecule has 4 atom stereocenters. The van der Waals surface area contributed by atoms with Crippen LogP contribution in [0.2, 0.25) is 0 Å². The molecule has 1 amide bonds. The molecular formula is C51H57F6N7O6. The molecule has 13 nitrogen and oxygen atoms in total. The van der Waals surface area contributed by atoms with Crippen molar-refractivity contribution in [2.75, 3.05) is 56.8 Å². The van der Waals surface area contributed by atoms with Crippen molar-refractivity contribution < 1.29 is 54.8 Å². The molecule has 4 aliphatic rings. The van der Waals surface area contributed by atoms with Crippen LogP contribution in [0.3, 0.4) is 0 Å². The molecule has 19 heteroatoms. The molecule has 0 aliphatic carbocycles. The predicted octanol–water partition coefficient (Wildman–Crippen LogP) is 10.2. The van der Waals surface area contributed by atoms with Crippen molar-refractivity contribution in [1.82, 2.24) is 24.8 Å². The molecule has 3 saturated heterocycles. The van der Waals surface area contributed by atoms with Crippen molar-refractivity contribution in [2.24, 2.45) is 0 Å². The van der Waals surface area contributed by atoms with Crippen LogP contribution in [0.15, 0.2) is 60.7 Å². The van der Waals surface area contributed by atoms with Crippen molar-refractivity contribution in [1.29, 1.82) is 0 Å². The normalized spacial score (nSPS) is 21.8. The number of aryl methyl sites for hydroxylation is 1. The zero-order valence-corrected chi connectivity index (χ0v) is 40.4. The summed E-state index contributed by atoms with van der Waals surface area (Å²) in [5.74, 6) is -3.00. The first kappa shape index (κ1) is 48.8. The molecule has 3 aromatic carbocycles. The maximum Gasteiger partial charge on any atom is 0.417 e. The lowest BCUT2D eigenvalue weighted by Crippen LogP contribution is -2.65. The van der Waals surface area contributed by atoms with Gasteiger partial charge in [0.1, 0.15) is 52.2 Å². The van der Waals surface area contributed by atoms with Gasteiger partial charge in [-0.1, -0.05) is 31.2 Å². The number of carbonyl (C=O) groups excluding carboxylic acids is 1. The number of methoxy groups -OCH3 is 2. The highest BCUT2D eigenvalue weighted by molar-refractivity contribution is 5.98. The fourth-order valence-corrected chi connectivity index (χ4v) is 10.5. The second kappa shape index (κ2) is 18.2. The fraction of sp³-hybridized carbons (Fsp3) is 0.490. The summed E-state index contributed by atoms with van der Waals surface area (Å²) in [5.41, 5.74) is -2.80. The van der Waals surface area contributed by atoms with Crippen LogP contribution in [-0.4, -0.2) is 113 Å². The number of alkyl halides is 5. The summed E-state index contributed by atoms with van der Waals surface area (Å²) in [5, 5.41) is -0.0126. The summed E-state index contributed by atoms with van der Waals surface area (Å²) in [4.78, 5) is 34.7. The molecule has 0 unspecified atom stereocenters. The van der Waals surface area contributed by atoms with Crippen LogP contribution in [0, 0.1) is 12.7 Å². The number of halogens is 6. The second-order valence-electron chi connectivity index (χ2n) is 19.7. The maximum atomic E-state index is 18.0. The Labute approximate surface area is 402 Å². The lowest BCUT2D eigenvalue weighted by atomic mass is 9.85. The van der Waals surface area contributed by atoms with Crippen LogP contribution in [0.4, 0.5) is 42.6 Å². The standard InChI is InChI=1S/C51H57F6N7O6/c1-9-37-43-30(3)69-45-38-42(59-46(68-28-49-18-19-62(49)27-50(53,54)26-49)60-44(38)64(43)21-20-63(37)47(65)70-48(4,5)6)40(52)41(58-45)36-23-33(22-29(2)39(36)51(55,56)57)61(24-31-10-14-34(66-7)15-11-31)25-32-12-16-35(67-8)17-13-32/h10-17,22-23,30,37,43H,9,18-21,24-28H2,1-8H3/t30-,37-,43+,49+/m0/s1. The number of amides is 1. The fourth-order valence-electron chi connectivity index (χ4n) is 10.5. The van der Waals surface area contributed by atoms with E-state index in [-0.39, 0.29) is 61.4 Å². The number of rotatable bonds is 12. The second-order valence-corrected chi connectivity index (χ2v) is 19.7. The number of fused-ring (bicyclic) bond motifs is 3. The van der Waals surface area contributed by atoms with Crippen molar-refractivity contribution in [3.8, 4) is 34.6 Å². The average molecular weight is 978 g/mol. The number of hydrogen-bond acceptors (Lipinski definition) is 12. The summed E-state index contributed by atoms with van der Waals surface area (Å²) >= 11 is 0. The third-order valence-corrected chi connectivity index (χ3v) is 13.8. The van der Waals surface area contributed by atoms with E-state index in [0.29, 0.717) is 36.6 Å². The number of hydrogen-bond donors (Lipinski definition) is 0. The van der Waals surface area contributed by atoms with Gasteiger partial charge in [0.2, 0.25) is 5.88 Å². The van der Waals surface area contributed by atoms with Crippen LogP contribution in [0.1, 0.15) is 76.1 Å². The van der Waals surface area contributed by atoms with E-state index in [4.69, 9.17) is 28.7 Å². The lowest BCUT2D eigenvalue weighted by Gasteiger charge is -2.48. The van der Waals surface area contributed by atoms with E-state index in [1.54, 1.807) is 76.0 Å². The lowest BCUT2D eigenvalue weighted by molar-refractivity contribution is -0.137. The van der Waals surface area contributed by atoms with Gasteiger partial charge in [-0.05, 0) is 101 Å². The van der Waals surface area contributed by atoms with Gasteiger partial charge in [-0.2, -0.15) is 23.1 Å². The predicted molar refractivity (Wildman–Crippen MR) is 251 cm³/mol. The molecule has 0 saturated carbocycles. The zero-order valence-electron chi connectivity index (χ0n) is 40.4. The van der Waals surface area contributed by atoms with E-state index < -0.39 is 88.6 Å². The average Bonchev–Trinajstić information content (AvgIpc) is 3.40. The van der Waals surface area contributed by atoms with E-state index in [2.05, 4.69) is 9.97 Å². The Kier molecular flexibility index (Phi) is 12.7. The molecule has 3 fully saturated rings. The Morgan fingerprint density at radius 2 is 1.56 bits per heavy atom. The Balaban J connectivity index is 1.21. The van der Waals surface area contributed by atoms with E-state index in [9.17, 15) is 13.6 Å². The summed E-state index contributed by atoms with van der Waals surface area (Å²) in [6.45, 7) is 10.8. The molecule has 9 rings (SSSR count). The number of carbonyl (C=O) groups is 1. The van der Waals surface area contributed by atoms with Gasteiger partial charge < -0.3 is 38.4 Å². The Bertz CT molecular complexity index is 2720. The summed E-state index contributed by atoms with van der Waals surface area (Å²) in [6.07, 6.45) is -5.94. The summed E-state index contributed by atoms with van der Waals surface area (Å²) < 4.78 is 124. The molecule has 70 heavy (non-hydrogen) atoms. The third kappa shape index (κ3) is 9.28. The van der Waals surface area contributed by atoms with Crippen LogP contribution in [0.25, 0.3) is 22.2 Å². The van der Waals surface area contributed by atoms with Crippen molar-refractivity contribution in [3.05, 3.63) is 88.7 Å². The molecule has 0 radical (unpaired) electrons. The van der Waals surface area contributed by atoms with Gasteiger partial charge in [0.25, 0.3) is 5.92 Å². The maximum absolute atomic E-state index is 18.0. The van der Waals surface area contributed by atoms with Gasteiger partial charge in [0.05, 0.1) is 44.0 Å². The first-order chi connectivity index (χ1) is 33.1. The van der Waals surface area contributed by atoms with Gasteiger partial charge in [0.15, 0.2) is 5.82 Å². The molecule has 4 aliphatic heterocycles. The molecule has 2 aromatic heterocycles. The minimum Gasteiger partial charge on any atom is -0.497 e. The minimum atomic E-state index is -4.98. The van der Waals surface area contributed by atoms with E-state index >= 15 is 17.6 Å². The molecule has 0 N–H and O–H groups in total. The quantitative estimate of drug-likeness (QED) is 0.111. The molecule has 0 spiro atoms. The molecule has 374 valence electrons. The van der Waals surface area contributed by atoms with Gasteiger partial charge in [0, 0.05) is 50.4 Å². The minimum absolute atomic E-state index is 0.0126. The summed E-state index contributed by atoms with van der Waals surface area (Å²) in [7, 11) is 3.10. The molecular weight excluding hydrogens is 921 g/mol. The van der Waals surface area contributed by atoms with Crippen LogP contribution in [0.5, 0.6) is 23.4 Å². The largest absolute Gasteiger partial charge is 0.497 e. The number of nitrogens with zero attached hydrogens (tertiary/aromatic N) is 7. The number of benzene rings is 3. The van der Waals surface area contributed by atoms with Crippen molar-refractivity contribution in [3.63, 3.8) is 0 Å². The van der Waals surface area contributed by atoms with Crippen LogP contribution < -0.4 is 28.7 Å². The topological polar surface area (TPSA) is 115 Å². The van der Waals surface area contributed by atoms with Crippen molar-refractivity contribution >= 4 is 28.5 Å². The Morgan fingerprint density at radius 3 is 2.10 bits per heavy atom. The van der Waals surface area contributed by atoms with Gasteiger partial charge in [-0.15, -0.1) is 0 Å². The number of aromatic nitrogens is 3. The summed E-state index contributed by atoms with van der Waals surface area (Å²) in [6, 6.07) is 15.7. The Hall–Kier alpha value is -6.24. The van der Waals surface area contributed by atoms with Gasteiger partial charge >= 0.3 is 18.3 Å². The monoisotopic (exact) mass is 977 g/mol. The van der Waals surface area contributed by atoms with Gasteiger partial charge in [-0.3, -0.25) is 4.90 Å². The van der Waals surface area contributed by atoms with E-state index in [1.165, 1.54) is 19.1 Å². The molecule has 6 heterocycles. The third-order valence-electron chi connectivity index (χ3n) is 13.8. The Morgan fingerprint density at radius 1 is 0.914 bits per heavy atom. The van der Waals surface area contributed by atoms with E-state index in [0.717, 1.165) is 11.1 Å². The van der Waals surface area contributed by atoms with Crippen molar-refractivity contribution in [2.45, 2.75) is 115 Å². The molecule has 0 bridgehead atoms. The van der Waals surface area contributed by atoms with Gasteiger partial charge in [-0.25, -0.2) is 22.9 Å². The number of anilines is 2. The highest BCUT2D eigenvalue weighted by Gasteiger charge is 2.60. The van der Waals surface area contributed by atoms with E-state index in [1.807, 2.05) is 41.0 Å². The highest BCUT2D eigenvalue weighted by atomic mass is 19.4.